The fraction of sp³-hybridized carbons (Fsp3) is 0.500. The molecule has 0 aliphatic heterocycles. The van der Waals surface area contributed by atoms with Gasteiger partial charge in [0, 0.05) is 13.0 Å². The topological polar surface area (TPSA) is 68.2 Å². The summed E-state index contributed by atoms with van der Waals surface area (Å²) in [7, 11) is 4.54. The van der Waals surface area contributed by atoms with Crippen molar-refractivity contribution in [3.63, 3.8) is 0 Å². The van der Waals surface area contributed by atoms with Crippen LogP contribution in [0.15, 0.2) is 12.1 Å². The molecule has 1 aromatic carbocycles. The molecule has 0 aliphatic rings. The van der Waals surface area contributed by atoms with Crippen LogP contribution in [0.3, 0.4) is 0 Å². The van der Waals surface area contributed by atoms with E-state index in [-0.39, 0.29) is 13.0 Å². The number of aliphatic hydroxyl groups excluding tert-OH is 2. The van der Waals surface area contributed by atoms with E-state index in [1.807, 2.05) is 0 Å². The molecule has 0 aliphatic carbocycles. The van der Waals surface area contributed by atoms with E-state index >= 15 is 0 Å². The van der Waals surface area contributed by atoms with Gasteiger partial charge in [-0.1, -0.05) is 0 Å². The SMILES string of the molecule is COc1cc([C@@H](O)CCO)cc(OC)c1OC. The summed E-state index contributed by atoms with van der Waals surface area (Å²) in [5.74, 6) is 1.45. The molecule has 96 valence electrons. The molecular weight excluding hydrogens is 224 g/mol. The van der Waals surface area contributed by atoms with Crippen molar-refractivity contribution in [3.8, 4) is 17.2 Å². The Morgan fingerprint density at radius 1 is 1.06 bits per heavy atom. The average Bonchev–Trinajstić information content (AvgIpc) is 2.37. The standard InChI is InChI=1S/C12H18O5/c1-15-10-6-8(9(14)4-5-13)7-11(16-2)12(10)17-3/h6-7,9,13-14H,4-5H2,1-3H3/t9-/m0/s1. The lowest BCUT2D eigenvalue weighted by Gasteiger charge is -2.16. The maximum absolute atomic E-state index is 9.81. The highest BCUT2D eigenvalue weighted by atomic mass is 16.5. The Bertz CT molecular complexity index is 339. The summed E-state index contributed by atoms with van der Waals surface area (Å²) in [6.45, 7) is -0.0855. The van der Waals surface area contributed by atoms with Gasteiger partial charge in [-0.25, -0.2) is 0 Å². The third kappa shape index (κ3) is 3.01. The van der Waals surface area contributed by atoms with Crippen LogP contribution < -0.4 is 14.2 Å². The first-order valence-electron chi connectivity index (χ1n) is 5.26. The molecule has 1 rings (SSSR count). The number of aliphatic hydroxyl groups is 2. The second kappa shape index (κ2) is 6.32. The molecule has 5 heteroatoms. The van der Waals surface area contributed by atoms with Gasteiger partial charge in [-0.15, -0.1) is 0 Å². The van der Waals surface area contributed by atoms with Crippen LogP contribution in [-0.4, -0.2) is 38.1 Å². The van der Waals surface area contributed by atoms with E-state index in [4.69, 9.17) is 19.3 Å². The van der Waals surface area contributed by atoms with Crippen LogP contribution in [0.4, 0.5) is 0 Å². The summed E-state index contributed by atoms with van der Waals surface area (Å²) in [5.41, 5.74) is 0.619. The molecule has 0 aromatic heterocycles. The molecule has 0 unspecified atom stereocenters. The average molecular weight is 242 g/mol. The van der Waals surface area contributed by atoms with E-state index in [0.717, 1.165) is 0 Å². The third-order valence-corrected chi connectivity index (χ3v) is 2.47. The Hall–Kier alpha value is -1.46. The maximum atomic E-state index is 9.81. The molecule has 0 radical (unpaired) electrons. The molecule has 1 atom stereocenters. The van der Waals surface area contributed by atoms with Gasteiger partial charge in [-0.05, 0) is 17.7 Å². The molecule has 0 amide bonds. The van der Waals surface area contributed by atoms with Gasteiger partial charge in [0.25, 0.3) is 0 Å². The van der Waals surface area contributed by atoms with Crippen molar-refractivity contribution in [1.29, 1.82) is 0 Å². The van der Waals surface area contributed by atoms with Crippen molar-refractivity contribution in [2.45, 2.75) is 12.5 Å². The third-order valence-electron chi connectivity index (χ3n) is 2.47. The number of hydrogen-bond donors (Lipinski definition) is 2. The highest BCUT2D eigenvalue weighted by molar-refractivity contribution is 5.54. The number of hydrogen-bond acceptors (Lipinski definition) is 5. The zero-order valence-corrected chi connectivity index (χ0v) is 10.3. The minimum absolute atomic E-state index is 0.0855. The summed E-state index contributed by atoms with van der Waals surface area (Å²) < 4.78 is 15.5. The van der Waals surface area contributed by atoms with Gasteiger partial charge in [0.2, 0.25) is 5.75 Å². The van der Waals surface area contributed by atoms with E-state index < -0.39 is 6.10 Å². The van der Waals surface area contributed by atoms with Crippen LogP contribution in [0.25, 0.3) is 0 Å². The van der Waals surface area contributed by atoms with Crippen molar-refractivity contribution >= 4 is 0 Å². The first-order chi connectivity index (χ1) is 8.17. The molecule has 0 saturated carbocycles. The highest BCUT2D eigenvalue weighted by Crippen LogP contribution is 2.39. The first kappa shape index (κ1) is 13.6. The van der Waals surface area contributed by atoms with Gasteiger partial charge < -0.3 is 24.4 Å². The van der Waals surface area contributed by atoms with Crippen LogP contribution in [-0.2, 0) is 0 Å². The molecule has 17 heavy (non-hydrogen) atoms. The molecule has 2 N–H and O–H groups in total. The Morgan fingerprint density at radius 3 is 1.94 bits per heavy atom. The van der Waals surface area contributed by atoms with Gasteiger partial charge >= 0.3 is 0 Å². The molecule has 0 fully saturated rings. The van der Waals surface area contributed by atoms with Crippen LogP contribution in [0.1, 0.15) is 18.1 Å². The second-order valence-electron chi connectivity index (χ2n) is 3.49. The van der Waals surface area contributed by atoms with E-state index in [1.54, 1.807) is 12.1 Å². The summed E-state index contributed by atoms with van der Waals surface area (Å²) in [6, 6.07) is 3.34. The number of benzene rings is 1. The summed E-state index contributed by atoms with van der Waals surface area (Å²) in [4.78, 5) is 0. The van der Waals surface area contributed by atoms with Gasteiger partial charge in [0.15, 0.2) is 11.5 Å². The predicted octanol–water partition coefficient (Wildman–Crippen LogP) is 1.13. The lowest BCUT2D eigenvalue weighted by Crippen LogP contribution is -2.03. The van der Waals surface area contributed by atoms with Crippen molar-refractivity contribution in [2.24, 2.45) is 0 Å². The first-order valence-corrected chi connectivity index (χ1v) is 5.26. The zero-order valence-electron chi connectivity index (χ0n) is 10.3. The summed E-state index contributed by atoms with van der Waals surface area (Å²) >= 11 is 0. The Balaban J connectivity index is 3.17. The predicted molar refractivity (Wildman–Crippen MR) is 62.8 cm³/mol. The monoisotopic (exact) mass is 242 g/mol. The molecular formula is C12H18O5. The quantitative estimate of drug-likeness (QED) is 0.782. The van der Waals surface area contributed by atoms with Crippen molar-refractivity contribution in [1.82, 2.24) is 0 Å². The molecule has 5 nitrogen and oxygen atoms in total. The number of methoxy groups -OCH3 is 3. The zero-order chi connectivity index (χ0) is 12.8. The Morgan fingerprint density at radius 2 is 1.59 bits per heavy atom. The smallest absolute Gasteiger partial charge is 0.203 e. The maximum Gasteiger partial charge on any atom is 0.203 e. The van der Waals surface area contributed by atoms with Gasteiger partial charge in [0.05, 0.1) is 27.4 Å². The lowest BCUT2D eigenvalue weighted by atomic mass is 10.1. The lowest BCUT2D eigenvalue weighted by molar-refractivity contribution is 0.133. The minimum Gasteiger partial charge on any atom is -0.493 e. The second-order valence-corrected chi connectivity index (χ2v) is 3.49. The highest BCUT2D eigenvalue weighted by Gasteiger charge is 2.16. The molecule has 0 heterocycles. The fourth-order valence-corrected chi connectivity index (χ4v) is 1.58. The van der Waals surface area contributed by atoms with E-state index in [0.29, 0.717) is 22.8 Å². The van der Waals surface area contributed by atoms with Crippen LogP contribution in [0.5, 0.6) is 17.2 Å². The largest absolute Gasteiger partial charge is 0.493 e. The van der Waals surface area contributed by atoms with Gasteiger partial charge in [-0.2, -0.15) is 0 Å². The summed E-state index contributed by atoms with van der Waals surface area (Å²) in [5, 5.41) is 18.6. The minimum atomic E-state index is -0.756. The van der Waals surface area contributed by atoms with Crippen LogP contribution in [0.2, 0.25) is 0 Å². The van der Waals surface area contributed by atoms with Crippen LogP contribution >= 0.6 is 0 Å². The summed E-state index contributed by atoms with van der Waals surface area (Å²) in [6.07, 6.45) is -0.493. The molecule has 0 saturated heterocycles. The van der Waals surface area contributed by atoms with E-state index in [2.05, 4.69) is 0 Å². The Labute approximate surface area is 101 Å². The molecule has 1 aromatic rings. The normalized spacial score (nSPS) is 12.1. The Kier molecular flexibility index (Phi) is 5.06. The number of rotatable bonds is 6. The van der Waals surface area contributed by atoms with Crippen molar-refractivity contribution in [3.05, 3.63) is 17.7 Å². The molecule has 0 bridgehead atoms. The van der Waals surface area contributed by atoms with E-state index in [9.17, 15) is 5.11 Å². The van der Waals surface area contributed by atoms with Gasteiger partial charge in [-0.3, -0.25) is 0 Å². The van der Waals surface area contributed by atoms with Crippen molar-refractivity contribution in [2.75, 3.05) is 27.9 Å². The van der Waals surface area contributed by atoms with Gasteiger partial charge in [0.1, 0.15) is 0 Å². The van der Waals surface area contributed by atoms with Crippen LogP contribution in [0, 0.1) is 0 Å². The van der Waals surface area contributed by atoms with E-state index in [1.165, 1.54) is 21.3 Å². The fourth-order valence-electron chi connectivity index (χ4n) is 1.58. The van der Waals surface area contributed by atoms with Crippen molar-refractivity contribution < 1.29 is 24.4 Å². The number of ether oxygens (including phenoxy) is 3. The molecule has 0 spiro atoms.